The fraction of sp³-hybridized carbons (Fsp3) is 0. The SMILES string of the molecule is O.O.O.O.O.O.O.O.O.O.O.O.O.O.O=S(=O)([O-])[O-].O=S(=O)([O-])[O-].O=S(=O)([O-])[O-].[Al+3].[Al+3]. The monoisotopic (exact) mass is 594 g/mol. The minimum absolute atomic E-state index is 0. The van der Waals surface area contributed by atoms with E-state index in [1.165, 1.54) is 0 Å². The van der Waals surface area contributed by atoms with Crippen molar-refractivity contribution in [1.82, 2.24) is 0 Å². The van der Waals surface area contributed by atoms with Crippen molar-refractivity contribution in [1.29, 1.82) is 0 Å². The van der Waals surface area contributed by atoms with E-state index in [1.54, 1.807) is 0 Å². The molecule has 0 unspecified atom stereocenters. The van der Waals surface area contributed by atoms with Gasteiger partial charge in [0.1, 0.15) is 0 Å². The fourth-order valence-electron chi connectivity index (χ4n) is 0. The van der Waals surface area contributed by atoms with Crippen molar-refractivity contribution in [2.24, 2.45) is 0 Å². The van der Waals surface area contributed by atoms with Crippen LogP contribution in [0.4, 0.5) is 0 Å². The van der Waals surface area contributed by atoms with Gasteiger partial charge in [-0.2, -0.15) is 0 Å². The van der Waals surface area contributed by atoms with E-state index in [4.69, 9.17) is 52.6 Å². The molecule has 26 nitrogen and oxygen atoms in total. The zero-order valence-electron chi connectivity index (χ0n) is 14.3. The molecule has 0 aliphatic heterocycles. The van der Waals surface area contributed by atoms with Gasteiger partial charge in [0.2, 0.25) is 0 Å². The molecule has 0 saturated carbocycles. The molecular weight excluding hydrogens is 566 g/mol. The smallest absolute Gasteiger partial charge is 0.759 e. The first-order valence-corrected chi connectivity index (χ1v) is 6.00. The predicted molar refractivity (Wildman–Crippen MR) is 93.5 cm³/mol. The molecule has 0 aromatic heterocycles. The van der Waals surface area contributed by atoms with Gasteiger partial charge in [0.15, 0.2) is 0 Å². The summed E-state index contributed by atoms with van der Waals surface area (Å²) in [5, 5.41) is 0. The van der Waals surface area contributed by atoms with Crippen molar-refractivity contribution < 1.29 is 129 Å². The normalized spacial score (nSPS) is 5.61. The van der Waals surface area contributed by atoms with Gasteiger partial charge < -0.3 is 104 Å². The van der Waals surface area contributed by atoms with E-state index < -0.39 is 31.2 Å². The van der Waals surface area contributed by atoms with Crippen molar-refractivity contribution >= 4 is 65.9 Å². The minimum atomic E-state index is -5.17. The van der Waals surface area contributed by atoms with Gasteiger partial charge in [-0.3, -0.25) is 25.3 Å². The number of hydrogen-bond acceptors (Lipinski definition) is 12. The number of hydrogen-bond donors (Lipinski definition) is 0. The third kappa shape index (κ3) is 1800000. The molecule has 0 aliphatic carbocycles. The van der Waals surface area contributed by atoms with Gasteiger partial charge in [0.05, 0.1) is 0 Å². The zero-order chi connectivity index (χ0) is 13.5. The second-order valence-electron chi connectivity index (χ2n) is 1.22. The Labute approximate surface area is 195 Å². The third-order valence-electron chi connectivity index (χ3n) is 0. The predicted octanol–water partition coefficient (Wildman–Crippen LogP) is -16.3. The molecule has 0 rings (SSSR count). The molecule has 0 radical (unpaired) electrons. The molecule has 31 heavy (non-hydrogen) atoms. The molecule has 0 heterocycles. The van der Waals surface area contributed by atoms with Gasteiger partial charge in [0.25, 0.3) is 0 Å². The van der Waals surface area contributed by atoms with Crippen LogP contribution < -0.4 is 0 Å². The summed E-state index contributed by atoms with van der Waals surface area (Å²) in [6, 6.07) is 0. The van der Waals surface area contributed by atoms with Crippen LogP contribution in [0.5, 0.6) is 0 Å². The van der Waals surface area contributed by atoms with E-state index in [0.717, 1.165) is 0 Å². The molecule has 0 spiro atoms. The summed E-state index contributed by atoms with van der Waals surface area (Å²) in [5.41, 5.74) is 0. The topological polar surface area (TPSA) is 682 Å². The standard InChI is InChI=1S/2Al.3H2O4S.14H2O/c;;3*1-5(2,3)4;;;;;;;;;;;;;;/h;;3*(H2,1,2,3,4);14*1H2/q2*+3;;;;;;;;;;;;;;;;;/p-6. The zero-order valence-corrected chi connectivity index (χ0v) is 19.0. The first-order chi connectivity index (χ1) is 6.00. The molecule has 0 amide bonds. The van der Waals surface area contributed by atoms with Crippen LogP contribution in [0, 0.1) is 0 Å². The Morgan fingerprint density at radius 1 is 0.258 bits per heavy atom. The maximum atomic E-state index is 8.52. The van der Waals surface area contributed by atoms with Crippen LogP contribution in [0.1, 0.15) is 0 Å². The Kier molecular flexibility index (Phi) is 482. The largest absolute Gasteiger partial charge is 3.00 e. The van der Waals surface area contributed by atoms with Crippen LogP contribution in [0.25, 0.3) is 0 Å². The second-order valence-corrected chi connectivity index (χ2v) is 3.67. The molecule has 31 heteroatoms. The van der Waals surface area contributed by atoms with Crippen molar-refractivity contribution in [2.75, 3.05) is 0 Å². The summed E-state index contributed by atoms with van der Waals surface area (Å²) in [7, 11) is -15.5. The minimum Gasteiger partial charge on any atom is -0.759 e. The summed E-state index contributed by atoms with van der Waals surface area (Å²) < 4.78 is 102. The van der Waals surface area contributed by atoms with Gasteiger partial charge in [-0.05, 0) is 0 Å². The second kappa shape index (κ2) is 77.8. The van der Waals surface area contributed by atoms with E-state index >= 15 is 0 Å². The molecule has 0 aromatic carbocycles. The Morgan fingerprint density at radius 3 is 0.258 bits per heavy atom. The maximum Gasteiger partial charge on any atom is 3.00 e. The summed E-state index contributed by atoms with van der Waals surface area (Å²) in [6.07, 6.45) is 0. The molecule has 0 aliphatic rings. The van der Waals surface area contributed by atoms with Gasteiger partial charge in [0, 0.05) is 31.2 Å². The summed E-state index contributed by atoms with van der Waals surface area (Å²) >= 11 is 0. The number of rotatable bonds is 0. The Bertz CT molecular complexity index is 346. The van der Waals surface area contributed by atoms with E-state index in [0.29, 0.717) is 0 Å². The average Bonchev–Trinajstić information content (AvgIpc) is 1.41. The van der Waals surface area contributed by atoms with Crippen LogP contribution >= 0.6 is 0 Å². The van der Waals surface area contributed by atoms with Crippen LogP contribution in [0.15, 0.2) is 0 Å². The third-order valence-corrected chi connectivity index (χ3v) is 0. The Balaban J connectivity index is -0.00000000326. The van der Waals surface area contributed by atoms with Gasteiger partial charge in [-0.15, -0.1) is 0 Å². The summed E-state index contributed by atoms with van der Waals surface area (Å²) in [4.78, 5) is 0. The molecule has 0 aromatic rings. The average molecular weight is 594 g/mol. The van der Waals surface area contributed by atoms with Crippen LogP contribution in [0.3, 0.4) is 0 Å². The van der Waals surface area contributed by atoms with Crippen LogP contribution in [-0.4, -0.2) is 164 Å². The van der Waals surface area contributed by atoms with E-state index in [2.05, 4.69) is 0 Å². The first-order valence-electron chi connectivity index (χ1n) is 2.00. The molecule has 0 atom stereocenters. The Morgan fingerprint density at radius 2 is 0.258 bits per heavy atom. The van der Waals surface area contributed by atoms with Crippen molar-refractivity contribution in [3.05, 3.63) is 0 Å². The maximum absolute atomic E-state index is 8.52. The summed E-state index contributed by atoms with van der Waals surface area (Å²) in [6.45, 7) is 0. The van der Waals surface area contributed by atoms with E-state index in [9.17, 15) is 0 Å². The molecule has 28 N–H and O–H groups in total. The molecule has 0 fully saturated rings. The van der Waals surface area contributed by atoms with Crippen LogP contribution in [-0.2, 0) is 31.2 Å². The van der Waals surface area contributed by atoms with Gasteiger partial charge in [-0.1, -0.05) is 0 Å². The van der Waals surface area contributed by atoms with Crippen molar-refractivity contribution in [3.63, 3.8) is 0 Å². The molecular formula is H28Al2O26S3. The van der Waals surface area contributed by atoms with Crippen molar-refractivity contribution in [3.8, 4) is 0 Å². The van der Waals surface area contributed by atoms with Crippen LogP contribution in [0.2, 0.25) is 0 Å². The van der Waals surface area contributed by atoms with E-state index in [1.807, 2.05) is 0 Å². The fourth-order valence-corrected chi connectivity index (χ4v) is 0. The first kappa shape index (κ1) is 192. The molecule has 0 bridgehead atoms. The van der Waals surface area contributed by atoms with Gasteiger partial charge >= 0.3 is 34.7 Å². The molecule has 208 valence electrons. The summed E-state index contributed by atoms with van der Waals surface area (Å²) in [5.74, 6) is 0. The van der Waals surface area contributed by atoms with Gasteiger partial charge in [-0.25, -0.2) is 0 Å². The Hall–Kier alpha value is 0.115. The van der Waals surface area contributed by atoms with E-state index in [-0.39, 0.29) is 111 Å². The quantitative estimate of drug-likeness (QED) is 0.143. The molecule has 0 saturated heterocycles. The van der Waals surface area contributed by atoms with Crippen molar-refractivity contribution in [2.45, 2.75) is 0 Å².